The van der Waals surface area contributed by atoms with Gasteiger partial charge in [-0.3, -0.25) is 4.79 Å². The summed E-state index contributed by atoms with van der Waals surface area (Å²) in [7, 11) is 0. The molecular weight excluding hydrogens is 358 g/mol. The predicted octanol–water partition coefficient (Wildman–Crippen LogP) is 4.45. The second-order valence-electron chi connectivity index (χ2n) is 6.22. The molecule has 0 aliphatic carbocycles. The van der Waals surface area contributed by atoms with Gasteiger partial charge in [0.2, 0.25) is 0 Å². The van der Waals surface area contributed by atoms with Crippen LogP contribution in [0.2, 0.25) is 0 Å². The van der Waals surface area contributed by atoms with Gasteiger partial charge in [0, 0.05) is 5.69 Å². The third-order valence-electron chi connectivity index (χ3n) is 3.91. The molecule has 1 unspecified atom stereocenters. The number of hydrogen-bond acceptors (Lipinski definition) is 5. The normalized spacial score (nSPS) is 11.4. The molecule has 2 aromatic rings. The molecule has 0 aliphatic heterocycles. The zero-order valence-electron chi connectivity index (χ0n) is 16.6. The van der Waals surface area contributed by atoms with E-state index in [1.807, 2.05) is 13.8 Å². The van der Waals surface area contributed by atoms with Crippen LogP contribution in [0.5, 0.6) is 11.5 Å². The average molecular weight is 385 g/mol. The van der Waals surface area contributed by atoms with E-state index in [2.05, 4.69) is 5.32 Å². The summed E-state index contributed by atoms with van der Waals surface area (Å²) < 4.78 is 16.2. The second kappa shape index (κ2) is 11.0. The van der Waals surface area contributed by atoms with E-state index in [4.69, 9.17) is 14.2 Å². The van der Waals surface area contributed by atoms with E-state index in [9.17, 15) is 9.59 Å². The van der Waals surface area contributed by atoms with Gasteiger partial charge in [-0.1, -0.05) is 19.4 Å². The number of carbonyl (C=O) groups excluding carboxylic acids is 2. The Kier molecular flexibility index (Phi) is 8.34. The fourth-order valence-electron chi connectivity index (χ4n) is 2.40. The summed E-state index contributed by atoms with van der Waals surface area (Å²) in [5.41, 5.74) is 0.908. The molecule has 0 saturated heterocycles. The van der Waals surface area contributed by atoms with Crippen LogP contribution < -0.4 is 14.8 Å². The van der Waals surface area contributed by atoms with Crippen molar-refractivity contribution in [1.29, 1.82) is 0 Å². The van der Waals surface area contributed by atoms with Crippen molar-refractivity contribution in [3.63, 3.8) is 0 Å². The van der Waals surface area contributed by atoms with Crippen molar-refractivity contribution in [2.75, 3.05) is 18.5 Å². The maximum atomic E-state index is 12.4. The molecule has 2 rings (SSSR count). The Labute approximate surface area is 165 Å². The first kappa shape index (κ1) is 21.3. The quantitative estimate of drug-likeness (QED) is 0.483. The first-order chi connectivity index (χ1) is 13.5. The van der Waals surface area contributed by atoms with E-state index in [0.717, 1.165) is 18.6 Å². The highest BCUT2D eigenvalue weighted by molar-refractivity contribution is 5.96. The lowest BCUT2D eigenvalue weighted by molar-refractivity contribution is -0.122. The molecule has 0 bridgehead atoms. The van der Waals surface area contributed by atoms with Crippen LogP contribution in [-0.4, -0.2) is 31.2 Å². The predicted molar refractivity (Wildman–Crippen MR) is 108 cm³/mol. The zero-order chi connectivity index (χ0) is 20.4. The van der Waals surface area contributed by atoms with Crippen LogP contribution >= 0.6 is 0 Å². The van der Waals surface area contributed by atoms with E-state index in [1.165, 1.54) is 0 Å². The Morgan fingerprint density at radius 1 is 1.04 bits per heavy atom. The molecule has 6 nitrogen and oxygen atoms in total. The molecule has 0 aliphatic rings. The van der Waals surface area contributed by atoms with E-state index in [0.29, 0.717) is 30.2 Å². The Morgan fingerprint density at radius 2 is 1.75 bits per heavy atom. The highest BCUT2D eigenvalue weighted by Gasteiger charge is 2.16. The first-order valence-corrected chi connectivity index (χ1v) is 9.51. The lowest BCUT2D eigenvalue weighted by Crippen LogP contribution is -2.30. The molecule has 0 heterocycles. The van der Waals surface area contributed by atoms with Crippen LogP contribution in [0.25, 0.3) is 0 Å². The maximum Gasteiger partial charge on any atom is 0.338 e. The van der Waals surface area contributed by atoms with Gasteiger partial charge in [0.25, 0.3) is 5.91 Å². The number of hydrogen-bond donors (Lipinski definition) is 1. The van der Waals surface area contributed by atoms with Crippen molar-refractivity contribution in [2.24, 2.45) is 0 Å². The summed E-state index contributed by atoms with van der Waals surface area (Å²) in [6.07, 6.45) is 1.07. The Hall–Kier alpha value is -3.02. The summed E-state index contributed by atoms with van der Waals surface area (Å²) >= 11 is 0. The van der Waals surface area contributed by atoms with E-state index in [-0.39, 0.29) is 5.91 Å². The summed E-state index contributed by atoms with van der Waals surface area (Å²) in [6.45, 7) is 6.58. The molecule has 150 valence electrons. The number of rotatable bonds is 10. The summed E-state index contributed by atoms with van der Waals surface area (Å²) in [5.74, 6) is 0.600. The number of ether oxygens (including phenoxy) is 3. The molecule has 1 amide bonds. The molecule has 6 heteroatoms. The van der Waals surface area contributed by atoms with Gasteiger partial charge in [0.1, 0.15) is 11.5 Å². The van der Waals surface area contributed by atoms with Gasteiger partial charge in [0.05, 0.1) is 18.8 Å². The number of anilines is 1. The van der Waals surface area contributed by atoms with Gasteiger partial charge in [-0.05, 0) is 62.7 Å². The lowest BCUT2D eigenvalue weighted by Gasteiger charge is -2.15. The minimum absolute atomic E-state index is 0.314. The molecule has 0 aromatic heterocycles. The van der Waals surface area contributed by atoms with Crippen LogP contribution in [0, 0.1) is 0 Å². The van der Waals surface area contributed by atoms with Crippen molar-refractivity contribution in [3.8, 4) is 11.5 Å². The first-order valence-electron chi connectivity index (χ1n) is 9.51. The van der Waals surface area contributed by atoms with Crippen LogP contribution in [-0.2, 0) is 9.53 Å². The number of nitrogens with one attached hydrogen (secondary N) is 1. The SMILES string of the molecule is CCCCOC(=O)c1cccc(NC(=O)C(C)Oc2ccc(OCC)cc2)c1. The van der Waals surface area contributed by atoms with Crippen LogP contribution in [0.3, 0.4) is 0 Å². The highest BCUT2D eigenvalue weighted by atomic mass is 16.5. The van der Waals surface area contributed by atoms with Gasteiger partial charge < -0.3 is 19.5 Å². The van der Waals surface area contributed by atoms with Crippen LogP contribution in [0.15, 0.2) is 48.5 Å². The lowest BCUT2D eigenvalue weighted by atomic mass is 10.2. The van der Waals surface area contributed by atoms with Gasteiger partial charge in [-0.15, -0.1) is 0 Å². The Bertz CT molecular complexity index is 773. The fraction of sp³-hybridized carbons (Fsp3) is 0.364. The highest BCUT2D eigenvalue weighted by Crippen LogP contribution is 2.19. The third-order valence-corrected chi connectivity index (χ3v) is 3.91. The molecule has 1 atom stereocenters. The molecule has 0 fully saturated rings. The van der Waals surface area contributed by atoms with Crippen molar-refractivity contribution in [3.05, 3.63) is 54.1 Å². The number of esters is 1. The minimum atomic E-state index is -0.710. The second-order valence-corrected chi connectivity index (χ2v) is 6.22. The Morgan fingerprint density at radius 3 is 2.43 bits per heavy atom. The largest absolute Gasteiger partial charge is 0.494 e. The summed E-state index contributed by atoms with van der Waals surface area (Å²) in [6, 6.07) is 13.7. The number of unbranched alkanes of at least 4 members (excludes halogenated alkanes) is 1. The standard InChI is InChI=1S/C22H27NO5/c1-4-6-14-27-22(25)17-8-7-9-18(15-17)23-21(24)16(3)28-20-12-10-19(11-13-20)26-5-2/h7-13,15-16H,4-6,14H2,1-3H3,(H,23,24). The minimum Gasteiger partial charge on any atom is -0.494 e. The van der Waals surface area contributed by atoms with Crippen molar-refractivity contribution < 1.29 is 23.8 Å². The van der Waals surface area contributed by atoms with E-state index in [1.54, 1.807) is 55.5 Å². The van der Waals surface area contributed by atoms with E-state index >= 15 is 0 Å². The molecule has 28 heavy (non-hydrogen) atoms. The zero-order valence-corrected chi connectivity index (χ0v) is 16.6. The average Bonchev–Trinajstić information content (AvgIpc) is 2.70. The monoisotopic (exact) mass is 385 g/mol. The maximum absolute atomic E-state index is 12.4. The smallest absolute Gasteiger partial charge is 0.338 e. The van der Waals surface area contributed by atoms with E-state index < -0.39 is 12.1 Å². The molecule has 0 spiro atoms. The van der Waals surface area contributed by atoms with Gasteiger partial charge in [-0.25, -0.2) is 4.79 Å². The van der Waals surface area contributed by atoms with Crippen LogP contribution in [0.1, 0.15) is 44.0 Å². The van der Waals surface area contributed by atoms with Crippen molar-refractivity contribution in [2.45, 2.75) is 39.7 Å². The van der Waals surface area contributed by atoms with Crippen molar-refractivity contribution >= 4 is 17.6 Å². The summed E-state index contributed by atoms with van der Waals surface area (Å²) in [5, 5.41) is 2.76. The fourth-order valence-corrected chi connectivity index (χ4v) is 2.40. The molecule has 0 radical (unpaired) electrons. The van der Waals surface area contributed by atoms with Gasteiger partial charge in [-0.2, -0.15) is 0 Å². The summed E-state index contributed by atoms with van der Waals surface area (Å²) in [4.78, 5) is 24.4. The van der Waals surface area contributed by atoms with Crippen LogP contribution in [0.4, 0.5) is 5.69 Å². The third kappa shape index (κ3) is 6.61. The van der Waals surface area contributed by atoms with Gasteiger partial charge in [0.15, 0.2) is 6.10 Å². The Balaban J connectivity index is 1.92. The van der Waals surface area contributed by atoms with Gasteiger partial charge >= 0.3 is 5.97 Å². The number of carbonyl (C=O) groups is 2. The molecule has 1 N–H and O–H groups in total. The molecular formula is C22H27NO5. The number of amides is 1. The topological polar surface area (TPSA) is 73.9 Å². The molecule has 2 aromatic carbocycles. The van der Waals surface area contributed by atoms with Crippen molar-refractivity contribution in [1.82, 2.24) is 0 Å². The number of benzene rings is 2. The molecule has 0 saturated carbocycles.